The second-order valence-corrected chi connectivity index (χ2v) is 3.31. The van der Waals surface area contributed by atoms with Crippen LogP contribution in [0, 0.1) is 5.92 Å². The second kappa shape index (κ2) is 5.97. The van der Waals surface area contributed by atoms with E-state index in [1.807, 2.05) is 27.7 Å². The fourth-order valence-corrected chi connectivity index (χ4v) is 1.34. The van der Waals surface area contributed by atoms with Crippen LogP contribution < -0.4 is 0 Å². The molecule has 0 spiro atoms. The summed E-state index contributed by atoms with van der Waals surface area (Å²) < 4.78 is 0. The topological polar surface area (TPSA) is 40.5 Å². The van der Waals surface area contributed by atoms with Gasteiger partial charge in [0.1, 0.15) is 6.23 Å². The summed E-state index contributed by atoms with van der Waals surface area (Å²) in [4.78, 5) is 12.9. The van der Waals surface area contributed by atoms with Crippen LogP contribution in [-0.2, 0) is 4.79 Å². The third-order valence-corrected chi connectivity index (χ3v) is 2.00. The first-order valence-corrected chi connectivity index (χ1v) is 5.11. The fourth-order valence-electron chi connectivity index (χ4n) is 1.34. The predicted octanol–water partition coefficient (Wildman–Crippen LogP) is 1.61. The molecule has 1 aliphatic heterocycles. The number of carbonyl (C=O) groups is 1. The van der Waals surface area contributed by atoms with Crippen LogP contribution in [0.25, 0.3) is 0 Å². The van der Waals surface area contributed by atoms with E-state index in [4.69, 9.17) is 0 Å². The molecule has 1 aliphatic rings. The molecule has 0 aromatic carbocycles. The molecule has 0 radical (unpaired) electrons. The van der Waals surface area contributed by atoms with Crippen LogP contribution in [0.5, 0.6) is 0 Å². The molecule has 1 N–H and O–H groups in total. The van der Waals surface area contributed by atoms with Crippen molar-refractivity contribution < 1.29 is 9.90 Å². The third kappa shape index (κ3) is 3.35. The summed E-state index contributed by atoms with van der Waals surface area (Å²) in [5.74, 6) is 0.0674. The Labute approximate surface area is 80.7 Å². The molecule has 0 aromatic heterocycles. The molecule has 1 rings (SSSR count). The van der Waals surface area contributed by atoms with E-state index in [9.17, 15) is 9.90 Å². The summed E-state index contributed by atoms with van der Waals surface area (Å²) in [6.45, 7) is 8.43. The summed E-state index contributed by atoms with van der Waals surface area (Å²) in [7, 11) is 0. The highest BCUT2D eigenvalue weighted by molar-refractivity contribution is 5.78. The van der Waals surface area contributed by atoms with Crippen molar-refractivity contribution in [1.82, 2.24) is 4.90 Å². The standard InChI is InChI=1S/C8H15NO2.C2H6/c1-6(2)8(11)9-5-3-4-7(9)10;1-2/h6-7,10H,3-5H2,1-2H3;1-2H3. The number of aliphatic hydroxyl groups excluding tert-OH is 1. The molecule has 1 heterocycles. The number of nitrogens with zero attached hydrogens (tertiary/aromatic N) is 1. The zero-order chi connectivity index (χ0) is 10.4. The molecule has 13 heavy (non-hydrogen) atoms. The lowest BCUT2D eigenvalue weighted by Crippen LogP contribution is -2.37. The van der Waals surface area contributed by atoms with E-state index in [2.05, 4.69) is 0 Å². The van der Waals surface area contributed by atoms with Gasteiger partial charge in [0.05, 0.1) is 0 Å². The van der Waals surface area contributed by atoms with E-state index in [1.165, 1.54) is 0 Å². The molecular formula is C10H21NO2. The maximum absolute atomic E-state index is 11.3. The maximum Gasteiger partial charge on any atom is 0.227 e. The van der Waals surface area contributed by atoms with Crippen molar-refractivity contribution in [2.24, 2.45) is 5.92 Å². The molecule has 1 atom stereocenters. The first kappa shape index (κ1) is 12.4. The van der Waals surface area contributed by atoms with E-state index in [-0.39, 0.29) is 11.8 Å². The Morgan fingerprint density at radius 1 is 1.46 bits per heavy atom. The van der Waals surface area contributed by atoms with Gasteiger partial charge in [-0.3, -0.25) is 4.79 Å². The number of hydrogen-bond acceptors (Lipinski definition) is 2. The van der Waals surface area contributed by atoms with Crippen LogP contribution in [-0.4, -0.2) is 28.7 Å². The predicted molar refractivity (Wildman–Crippen MR) is 53.1 cm³/mol. The van der Waals surface area contributed by atoms with E-state index >= 15 is 0 Å². The van der Waals surface area contributed by atoms with Gasteiger partial charge < -0.3 is 10.0 Å². The number of rotatable bonds is 1. The fraction of sp³-hybridized carbons (Fsp3) is 0.900. The van der Waals surface area contributed by atoms with Gasteiger partial charge in [-0.2, -0.15) is 0 Å². The van der Waals surface area contributed by atoms with Crippen LogP contribution >= 0.6 is 0 Å². The smallest absolute Gasteiger partial charge is 0.227 e. The van der Waals surface area contributed by atoms with Crippen molar-refractivity contribution in [2.45, 2.75) is 46.8 Å². The average molecular weight is 187 g/mol. The molecule has 1 unspecified atom stereocenters. The van der Waals surface area contributed by atoms with Gasteiger partial charge in [-0.1, -0.05) is 27.7 Å². The van der Waals surface area contributed by atoms with Crippen molar-refractivity contribution in [1.29, 1.82) is 0 Å². The highest BCUT2D eigenvalue weighted by atomic mass is 16.3. The van der Waals surface area contributed by atoms with Crippen molar-refractivity contribution in [3.05, 3.63) is 0 Å². The van der Waals surface area contributed by atoms with Crippen LogP contribution in [0.15, 0.2) is 0 Å². The van der Waals surface area contributed by atoms with Crippen molar-refractivity contribution in [3.8, 4) is 0 Å². The lowest BCUT2D eigenvalue weighted by Gasteiger charge is -2.21. The molecule has 0 aromatic rings. The van der Waals surface area contributed by atoms with Gasteiger partial charge in [-0.15, -0.1) is 0 Å². The van der Waals surface area contributed by atoms with Gasteiger partial charge >= 0.3 is 0 Å². The van der Waals surface area contributed by atoms with Crippen molar-refractivity contribution >= 4 is 5.91 Å². The highest BCUT2D eigenvalue weighted by Crippen LogP contribution is 2.16. The zero-order valence-corrected chi connectivity index (χ0v) is 9.08. The number of likely N-dealkylation sites (tertiary alicyclic amines) is 1. The molecule has 0 saturated carbocycles. The Morgan fingerprint density at radius 2 is 2.00 bits per heavy atom. The number of amides is 1. The molecule has 3 heteroatoms. The van der Waals surface area contributed by atoms with Gasteiger partial charge in [0.15, 0.2) is 0 Å². The van der Waals surface area contributed by atoms with E-state index < -0.39 is 6.23 Å². The third-order valence-electron chi connectivity index (χ3n) is 2.00. The van der Waals surface area contributed by atoms with Crippen molar-refractivity contribution in [2.75, 3.05) is 6.54 Å². The van der Waals surface area contributed by atoms with Gasteiger partial charge in [0.25, 0.3) is 0 Å². The SMILES string of the molecule is CC.CC(C)C(=O)N1CCCC1O. The molecule has 0 bridgehead atoms. The average Bonchev–Trinajstić information content (AvgIpc) is 2.53. The summed E-state index contributed by atoms with van der Waals surface area (Å²) in [6.07, 6.45) is 1.14. The molecule has 1 fully saturated rings. The Morgan fingerprint density at radius 3 is 2.31 bits per heavy atom. The quantitative estimate of drug-likeness (QED) is 0.677. The Kier molecular flexibility index (Phi) is 5.71. The monoisotopic (exact) mass is 187 g/mol. The summed E-state index contributed by atoms with van der Waals surface area (Å²) in [5.41, 5.74) is 0. The summed E-state index contributed by atoms with van der Waals surface area (Å²) in [5, 5.41) is 9.31. The molecule has 3 nitrogen and oxygen atoms in total. The van der Waals surface area contributed by atoms with E-state index in [0.717, 1.165) is 19.4 Å². The Balaban J connectivity index is 0.000000671. The normalized spacial score (nSPS) is 21.4. The molecule has 78 valence electrons. The minimum atomic E-state index is -0.523. The molecular weight excluding hydrogens is 166 g/mol. The van der Waals surface area contributed by atoms with Crippen LogP contribution in [0.3, 0.4) is 0 Å². The van der Waals surface area contributed by atoms with Gasteiger partial charge in [-0.05, 0) is 12.8 Å². The first-order valence-electron chi connectivity index (χ1n) is 5.11. The zero-order valence-electron chi connectivity index (χ0n) is 9.08. The minimum Gasteiger partial charge on any atom is -0.374 e. The van der Waals surface area contributed by atoms with Crippen LogP contribution in [0.2, 0.25) is 0 Å². The first-order chi connectivity index (χ1) is 6.13. The number of hydrogen-bond donors (Lipinski definition) is 1. The summed E-state index contributed by atoms with van der Waals surface area (Å²) in [6, 6.07) is 0. The lowest BCUT2D eigenvalue weighted by atomic mass is 10.2. The number of aliphatic hydroxyl groups is 1. The summed E-state index contributed by atoms with van der Waals surface area (Å²) >= 11 is 0. The van der Waals surface area contributed by atoms with Crippen LogP contribution in [0.4, 0.5) is 0 Å². The molecule has 0 aliphatic carbocycles. The number of carbonyl (C=O) groups excluding carboxylic acids is 1. The van der Waals surface area contributed by atoms with E-state index in [0.29, 0.717) is 0 Å². The van der Waals surface area contributed by atoms with Gasteiger partial charge in [0.2, 0.25) is 5.91 Å². The maximum atomic E-state index is 11.3. The second-order valence-electron chi connectivity index (χ2n) is 3.31. The van der Waals surface area contributed by atoms with Crippen LogP contribution in [0.1, 0.15) is 40.5 Å². The van der Waals surface area contributed by atoms with E-state index in [1.54, 1.807) is 4.90 Å². The molecule has 1 saturated heterocycles. The lowest BCUT2D eigenvalue weighted by molar-refractivity contribution is -0.141. The molecule has 1 amide bonds. The largest absolute Gasteiger partial charge is 0.374 e. The Hall–Kier alpha value is -0.570. The highest BCUT2D eigenvalue weighted by Gasteiger charge is 2.27. The minimum absolute atomic E-state index is 0.00255. The Bertz CT molecular complexity index is 157. The van der Waals surface area contributed by atoms with Gasteiger partial charge in [-0.25, -0.2) is 0 Å². The van der Waals surface area contributed by atoms with Crippen molar-refractivity contribution in [3.63, 3.8) is 0 Å². The van der Waals surface area contributed by atoms with Gasteiger partial charge in [0, 0.05) is 12.5 Å².